The zero-order chi connectivity index (χ0) is 19.0. The van der Waals surface area contributed by atoms with Gasteiger partial charge in [-0.1, -0.05) is 12.1 Å². The van der Waals surface area contributed by atoms with Gasteiger partial charge >= 0.3 is 0 Å². The van der Waals surface area contributed by atoms with Crippen LogP contribution in [0.25, 0.3) is 11.0 Å². The third-order valence-electron chi connectivity index (χ3n) is 4.74. The van der Waals surface area contributed by atoms with Gasteiger partial charge in [0.1, 0.15) is 11.6 Å². The maximum atomic E-state index is 12.7. The molecule has 1 aliphatic heterocycles. The molecule has 0 unspecified atom stereocenters. The molecule has 7 heteroatoms. The van der Waals surface area contributed by atoms with Gasteiger partial charge in [-0.25, -0.2) is 4.98 Å². The molecule has 2 heterocycles. The summed E-state index contributed by atoms with van der Waals surface area (Å²) in [6, 6.07) is 12.8. The number of hydrogen-bond donors (Lipinski definition) is 2. The first-order chi connectivity index (χ1) is 13.0. The predicted molar refractivity (Wildman–Crippen MR) is 103 cm³/mol. The van der Waals surface area contributed by atoms with Crippen molar-refractivity contribution in [1.29, 1.82) is 0 Å². The smallest absolute Gasteiger partial charge is 0.229 e. The van der Waals surface area contributed by atoms with Crippen LogP contribution in [0.5, 0.6) is 5.75 Å². The van der Waals surface area contributed by atoms with E-state index in [1.807, 2.05) is 43.3 Å². The fraction of sp³-hybridized carbons (Fsp3) is 0.250. The molecule has 0 bridgehead atoms. The van der Waals surface area contributed by atoms with Gasteiger partial charge < -0.3 is 19.9 Å². The van der Waals surface area contributed by atoms with Crippen LogP contribution in [-0.4, -0.2) is 35.4 Å². The zero-order valence-electron chi connectivity index (χ0n) is 15.2. The van der Waals surface area contributed by atoms with E-state index in [0.29, 0.717) is 23.7 Å². The lowest BCUT2D eigenvalue weighted by molar-refractivity contribution is -0.122. The number of aromatic nitrogens is 2. The first-order valence-electron chi connectivity index (χ1n) is 8.76. The summed E-state index contributed by atoms with van der Waals surface area (Å²) >= 11 is 0. The van der Waals surface area contributed by atoms with E-state index in [0.717, 1.165) is 16.9 Å². The van der Waals surface area contributed by atoms with Gasteiger partial charge in [0.15, 0.2) is 0 Å². The van der Waals surface area contributed by atoms with Crippen LogP contribution in [0.2, 0.25) is 0 Å². The number of para-hydroxylation sites is 2. The van der Waals surface area contributed by atoms with Crippen molar-refractivity contribution in [3.8, 4) is 5.75 Å². The Kier molecular flexibility index (Phi) is 4.27. The van der Waals surface area contributed by atoms with Crippen LogP contribution in [0.3, 0.4) is 0 Å². The average molecular weight is 364 g/mol. The predicted octanol–water partition coefficient (Wildman–Crippen LogP) is 2.87. The van der Waals surface area contributed by atoms with Gasteiger partial charge in [0.2, 0.25) is 11.8 Å². The number of H-pyrrole nitrogens is 1. The number of aromatic amines is 1. The second kappa shape index (κ2) is 6.75. The maximum Gasteiger partial charge on any atom is 0.229 e. The number of nitrogens with one attached hydrogen (secondary N) is 2. The highest BCUT2D eigenvalue weighted by molar-refractivity contribution is 6.04. The topological polar surface area (TPSA) is 87.3 Å². The molecule has 2 amide bonds. The Hall–Kier alpha value is -3.35. The van der Waals surface area contributed by atoms with Crippen molar-refractivity contribution in [3.05, 3.63) is 48.3 Å². The van der Waals surface area contributed by atoms with Crippen molar-refractivity contribution in [1.82, 2.24) is 9.97 Å². The number of anilines is 2. The minimum Gasteiger partial charge on any atom is -0.495 e. The van der Waals surface area contributed by atoms with E-state index in [1.165, 1.54) is 0 Å². The highest BCUT2D eigenvalue weighted by Crippen LogP contribution is 2.33. The zero-order valence-corrected chi connectivity index (χ0v) is 15.2. The number of amides is 2. The summed E-state index contributed by atoms with van der Waals surface area (Å²) in [5, 5.41) is 2.91. The molecule has 1 atom stereocenters. The summed E-state index contributed by atoms with van der Waals surface area (Å²) in [6.07, 6.45) is 0.176. The number of aryl methyl sites for hydroxylation is 1. The third kappa shape index (κ3) is 3.23. The molecule has 1 aromatic heterocycles. The van der Waals surface area contributed by atoms with E-state index in [2.05, 4.69) is 15.3 Å². The molecule has 1 aliphatic rings. The molecule has 0 radical (unpaired) electrons. The van der Waals surface area contributed by atoms with E-state index < -0.39 is 5.92 Å². The number of methoxy groups -OCH3 is 1. The molecule has 7 nitrogen and oxygen atoms in total. The highest BCUT2D eigenvalue weighted by Gasteiger charge is 2.36. The van der Waals surface area contributed by atoms with Gasteiger partial charge in [-0.15, -0.1) is 0 Å². The minimum absolute atomic E-state index is 0.0840. The Morgan fingerprint density at radius 2 is 2.11 bits per heavy atom. The molecule has 0 saturated carbocycles. The van der Waals surface area contributed by atoms with Crippen LogP contribution >= 0.6 is 0 Å². The quantitative estimate of drug-likeness (QED) is 0.745. The molecule has 1 fully saturated rings. The van der Waals surface area contributed by atoms with Crippen molar-refractivity contribution >= 4 is 34.2 Å². The Labute approximate surface area is 156 Å². The first kappa shape index (κ1) is 17.1. The number of benzene rings is 2. The summed E-state index contributed by atoms with van der Waals surface area (Å²) < 4.78 is 5.34. The van der Waals surface area contributed by atoms with Crippen LogP contribution < -0.4 is 15.0 Å². The van der Waals surface area contributed by atoms with Crippen LogP contribution in [0, 0.1) is 12.8 Å². The normalized spacial score (nSPS) is 16.7. The number of carbonyl (C=O) groups is 2. The number of imidazole rings is 1. The Bertz CT molecular complexity index is 1030. The monoisotopic (exact) mass is 364 g/mol. The van der Waals surface area contributed by atoms with E-state index in [9.17, 15) is 9.59 Å². The van der Waals surface area contributed by atoms with Crippen molar-refractivity contribution in [3.63, 3.8) is 0 Å². The van der Waals surface area contributed by atoms with Crippen LogP contribution in [-0.2, 0) is 9.59 Å². The van der Waals surface area contributed by atoms with Gasteiger partial charge in [0.25, 0.3) is 0 Å². The molecule has 2 aromatic carbocycles. The highest BCUT2D eigenvalue weighted by atomic mass is 16.5. The molecular formula is C20H20N4O3. The second-order valence-corrected chi connectivity index (χ2v) is 6.62. The third-order valence-corrected chi connectivity index (χ3v) is 4.74. The fourth-order valence-electron chi connectivity index (χ4n) is 3.43. The summed E-state index contributed by atoms with van der Waals surface area (Å²) in [7, 11) is 1.57. The molecule has 4 rings (SSSR count). The fourth-order valence-corrected chi connectivity index (χ4v) is 3.43. The van der Waals surface area contributed by atoms with Gasteiger partial charge in [-0.05, 0) is 37.3 Å². The lowest BCUT2D eigenvalue weighted by Gasteiger charge is -2.19. The second-order valence-electron chi connectivity index (χ2n) is 6.62. The van der Waals surface area contributed by atoms with Gasteiger partial charge in [0, 0.05) is 18.7 Å². The Balaban J connectivity index is 1.50. The first-order valence-corrected chi connectivity index (χ1v) is 8.76. The Morgan fingerprint density at radius 3 is 2.93 bits per heavy atom. The van der Waals surface area contributed by atoms with E-state index in [1.54, 1.807) is 18.1 Å². The summed E-state index contributed by atoms with van der Waals surface area (Å²) in [4.78, 5) is 34.3. The average Bonchev–Trinajstić information content (AvgIpc) is 3.23. The molecule has 3 aromatic rings. The number of nitrogens with zero attached hydrogens (tertiary/aromatic N) is 2. The minimum atomic E-state index is -0.415. The lowest BCUT2D eigenvalue weighted by atomic mass is 10.1. The number of fused-ring (bicyclic) bond motifs is 1. The molecular weight excluding hydrogens is 344 g/mol. The van der Waals surface area contributed by atoms with Crippen LogP contribution in [0.15, 0.2) is 42.5 Å². The number of ether oxygens (including phenoxy) is 1. The SMILES string of the molecule is COc1ccccc1N1C[C@H](C(=O)Nc2ccc3nc(C)[nH]c3c2)CC1=O. The van der Waals surface area contributed by atoms with Gasteiger partial charge in [-0.2, -0.15) is 0 Å². The Morgan fingerprint density at radius 1 is 1.30 bits per heavy atom. The van der Waals surface area contributed by atoms with Crippen molar-refractivity contribution in [2.45, 2.75) is 13.3 Å². The largest absolute Gasteiger partial charge is 0.495 e. The number of hydrogen-bond acceptors (Lipinski definition) is 4. The van der Waals surface area contributed by atoms with Crippen molar-refractivity contribution in [2.75, 3.05) is 23.9 Å². The van der Waals surface area contributed by atoms with E-state index >= 15 is 0 Å². The van der Waals surface area contributed by atoms with E-state index in [4.69, 9.17) is 4.74 Å². The molecule has 0 spiro atoms. The molecule has 138 valence electrons. The molecule has 2 N–H and O–H groups in total. The standard InChI is InChI=1S/C20H20N4O3/c1-12-21-15-8-7-14(10-16(15)22-12)23-20(26)13-9-19(25)24(11-13)17-5-3-4-6-18(17)27-2/h3-8,10,13H,9,11H2,1-2H3,(H,21,22)(H,23,26)/t13-/m1/s1. The van der Waals surface area contributed by atoms with Crippen LogP contribution in [0.1, 0.15) is 12.2 Å². The summed E-state index contributed by atoms with van der Waals surface area (Å²) in [5.74, 6) is 0.770. The number of rotatable bonds is 4. The summed E-state index contributed by atoms with van der Waals surface area (Å²) in [6.45, 7) is 2.21. The molecule has 1 saturated heterocycles. The molecule has 27 heavy (non-hydrogen) atoms. The van der Waals surface area contributed by atoms with Gasteiger partial charge in [0.05, 0.1) is 29.7 Å². The van der Waals surface area contributed by atoms with Crippen LogP contribution in [0.4, 0.5) is 11.4 Å². The van der Waals surface area contributed by atoms with Crippen molar-refractivity contribution in [2.24, 2.45) is 5.92 Å². The van der Waals surface area contributed by atoms with Gasteiger partial charge in [-0.3, -0.25) is 9.59 Å². The molecule has 0 aliphatic carbocycles. The lowest BCUT2D eigenvalue weighted by Crippen LogP contribution is -2.28. The number of carbonyl (C=O) groups excluding carboxylic acids is 2. The van der Waals surface area contributed by atoms with Crippen molar-refractivity contribution < 1.29 is 14.3 Å². The van der Waals surface area contributed by atoms with E-state index in [-0.39, 0.29) is 18.2 Å². The maximum absolute atomic E-state index is 12.7. The summed E-state index contributed by atoms with van der Waals surface area (Å²) in [5.41, 5.74) is 3.08.